The number of nitrogens with one attached hydrogen (secondary N) is 2. The number of rotatable bonds is 10. The van der Waals surface area contributed by atoms with Gasteiger partial charge in [-0.15, -0.1) is 0 Å². The molecule has 0 bridgehead atoms. The van der Waals surface area contributed by atoms with Crippen LogP contribution in [0.4, 0.5) is 11.6 Å². The number of nitrogen functional groups attached to an aromatic ring is 1. The van der Waals surface area contributed by atoms with Crippen LogP contribution in [0.2, 0.25) is 0 Å². The van der Waals surface area contributed by atoms with E-state index in [9.17, 15) is 8.42 Å². The van der Waals surface area contributed by atoms with E-state index in [1.165, 1.54) is 6.33 Å². The zero-order valence-corrected chi connectivity index (χ0v) is 17.5. The monoisotopic (exact) mass is 439 g/mol. The lowest BCUT2D eigenvalue weighted by Crippen LogP contribution is -2.80. The summed E-state index contributed by atoms with van der Waals surface area (Å²) in [6.07, 6.45) is 1.31. The van der Waals surface area contributed by atoms with Crippen LogP contribution >= 0.6 is 0 Å². The molecule has 0 aliphatic heterocycles. The third-order valence-corrected chi connectivity index (χ3v) is 5.33. The van der Waals surface area contributed by atoms with Crippen molar-refractivity contribution >= 4 is 27.4 Å². The summed E-state index contributed by atoms with van der Waals surface area (Å²) in [7, 11) is -3.50. The molecular formula is C21H23N6O3S+. The number of anilines is 1. The molecule has 1 heterocycles. The zero-order chi connectivity index (χ0) is 22.3. The van der Waals surface area contributed by atoms with Gasteiger partial charge >= 0.3 is 0 Å². The first-order valence-electron chi connectivity index (χ1n) is 9.37. The Morgan fingerprint density at radius 2 is 1.81 bits per heavy atom. The molecule has 1 aromatic heterocycles. The Labute approximate surface area is 180 Å². The van der Waals surface area contributed by atoms with E-state index in [0.29, 0.717) is 29.2 Å². The zero-order valence-electron chi connectivity index (χ0n) is 16.7. The van der Waals surface area contributed by atoms with Gasteiger partial charge in [0.2, 0.25) is 15.8 Å². The van der Waals surface area contributed by atoms with Gasteiger partial charge in [-0.3, -0.25) is 10.7 Å². The second kappa shape index (κ2) is 9.94. The topological polar surface area (TPSA) is 148 Å². The number of ether oxygens (including phenoxy) is 1. The Bertz CT molecular complexity index is 1170. The Hall–Kier alpha value is -3.60. The fourth-order valence-corrected chi connectivity index (χ4v) is 3.27. The number of nitrogens with two attached hydrogens (primary N) is 2. The van der Waals surface area contributed by atoms with E-state index in [1.807, 2.05) is 30.3 Å². The van der Waals surface area contributed by atoms with Crippen LogP contribution < -0.4 is 20.5 Å². The van der Waals surface area contributed by atoms with Gasteiger partial charge in [0.25, 0.3) is 0 Å². The maximum Gasteiger partial charge on any atom is 0.239 e. The molecule has 0 spiro atoms. The highest BCUT2D eigenvalue weighted by molar-refractivity contribution is 7.92. The molecule has 0 unspecified atom stereocenters. The fraction of sp³-hybridized carbons (Fsp3) is 0.0952. The molecule has 10 heteroatoms. The first kappa shape index (κ1) is 22.1. The summed E-state index contributed by atoms with van der Waals surface area (Å²) in [6.45, 7) is 3.76. The van der Waals surface area contributed by atoms with Gasteiger partial charge in [0, 0.05) is 11.0 Å². The molecule has 0 amide bonds. The van der Waals surface area contributed by atoms with Crippen molar-refractivity contribution in [1.82, 2.24) is 14.7 Å². The van der Waals surface area contributed by atoms with Crippen molar-refractivity contribution in [3.63, 3.8) is 0 Å². The van der Waals surface area contributed by atoms with E-state index in [2.05, 4.69) is 21.3 Å². The first-order chi connectivity index (χ1) is 14.9. The predicted molar refractivity (Wildman–Crippen MR) is 119 cm³/mol. The van der Waals surface area contributed by atoms with Gasteiger partial charge < -0.3 is 10.5 Å². The number of nitrogens with zero attached hydrogens (tertiary/aromatic N) is 2. The van der Waals surface area contributed by atoms with Crippen molar-refractivity contribution in [2.45, 2.75) is 0 Å². The quantitative estimate of drug-likeness (QED) is 0.278. The SMILES string of the molecule is C=CS(=O)(=O)NCC[NH2+]c1ncnc(N)c1C(=N)c1ccc(Oc2ccccc2)cc1. The van der Waals surface area contributed by atoms with E-state index in [-0.39, 0.29) is 18.1 Å². The smallest absolute Gasteiger partial charge is 0.239 e. The van der Waals surface area contributed by atoms with Gasteiger partial charge in [0.1, 0.15) is 29.2 Å². The van der Waals surface area contributed by atoms with Crippen LogP contribution in [0.5, 0.6) is 11.5 Å². The molecule has 3 rings (SSSR count). The summed E-state index contributed by atoms with van der Waals surface area (Å²) in [4.78, 5) is 8.20. The lowest BCUT2D eigenvalue weighted by Gasteiger charge is -2.11. The van der Waals surface area contributed by atoms with Crippen LogP contribution in [0, 0.1) is 5.41 Å². The summed E-state index contributed by atoms with van der Waals surface area (Å²) in [5, 5.41) is 11.2. The van der Waals surface area contributed by atoms with Crippen LogP contribution in [0.1, 0.15) is 11.1 Å². The van der Waals surface area contributed by atoms with Crippen LogP contribution in [-0.2, 0) is 10.0 Å². The van der Waals surface area contributed by atoms with Crippen LogP contribution in [0.3, 0.4) is 0 Å². The summed E-state index contributed by atoms with van der Waals surface area (Å²) < 4.78 is 31.0. The molecule has 2 aromatic carbocycles. The number of benzene rings is 2. The van der Waals surface area contributed by atoms with Crippen molar-refractivity contribution in [1.29, 1.82) is 5.41 Å². The molecular weight excluding hydrogens is 416 g/mol. The molecule has 31 heavy (non-hydrogen) atoms. The average molecular weight is 440 g/mol. The van der Waals surface area contributed by atoms with E-state index in [0.717, 1.165) is 11.2 Å². The van der Waals surface area contributed by atoms with E-state index in [4.69, 9.17) is 15.9 Å². The van der Waals surface area contributed by atoms with Crippen LogP contribution in [-0.4, -0.2) is 37.2 Å². The number of aromatic nitrogens is 2. The largest absolute Gasteiger partial charge is 0.457 e. The Kier molecular flexibility index (Phi) is 7.08. The first-order valence-corrected chi connectivity index (χ1v) is 10.9. The Morgan fingerprint density at radius 1 is 1.13 bits per heavy atom. The van der Waals surface area contributed by atoms with Gasteiger partial charge in [-0.1, -0.05) is 24.8 Å². The molecule has 0 aliphatic rings. The average Bonchev–Trinajstić information content (AvgIpc) is 2.78. The van der Waals surface area contributed by atoms with Gasteiger partial charge in [-0.25, -0.2) is 18.1 Å². The van der Waals surface area contributed by atoms with E-state index < -0.39 is 10.0 Å². The lowest BCUT2D eigenvalue weighted by molar-refractivity contribution is -0.572. The molecule has 6 N–H and O–H groups in total. The molecule has 9 nitrogen and oxygen atoms in total. The number of hydrogen-bond donors (Lipinski definition) is 4. The maximum absolute atomic E-state index is 11.4. The molecule has 0 atom stereocenters. The van der Waals surface area contributed by atoms with Gasteiger partial charge in [-0.2, -0.15) is 4.98 Å². The summed E-state index contributed by atoms with van der Waals surface area (Å²) in [5.74, 6) is 1.98. The van der Waals surface area contributed by atoms with Crippen molar-refractivity contribution in [2.24, 2.45) is 0 Å². The lowest BCUT2D eigenvalue weighted by atomic mass is 10.0. The van der Waals surface area contributed by atoms with Gasteiger partial charge in [0.15, 0.2) is 0 Å². The number of hydrogen-bond acceptors (Lipinski definition) is 7. The number of para-hydroxylation sites is 1. The van der Waals surface area contributed by atoms with E-state index in [1.54, 1.807) is 29.6 Å². The third-order valence-electron chi connectivity index (χ3n) is 4.28. The second-order valence-electron chi connectivity index (χ2n) is 6.43. The van der Waals surface area contributed by atoms with Crippen LogP contribution in [0.25, 0.3) is 0 Å². The molecule has 0 saturated heterocycles. The van der Waals surface area contributed by atoms with Gasteiger partial charge in [-0.05, 0) is 36.4 Å². The van der Waals surface area contributed by atoms with Crippen LogP contribution in [0.15, 0.2) is 72.9 Å². The Balaban J connectivity index is 1.73. The Morgan fingerprint density at radius 3 is 2.48 bits per heavy atom. The molecule has 160 valence electrons. The predicted octanol–water partition coefficient (Wildman–Crippen LogP) is 1.53. The minimum atomic E-state index is -3.50. The van der Waals surface area contributed by atoms with Gasteiger partial charge in [0.05, 0.1) is 18.8 Å². The number of sulfonamides is 1. The van der Waals surface area contributed by atoms with E-state index >= 15 is 0 Å². The van der Waals surface area contributed by atoms with Crippen molar-refractivity contribution < 1.29 is 18.5 Å². The highest BCUT2D eigenvalue weighted by atomic mass is 32.2. The summed E-state index contributed by atoms with van der Waals surface area (Å²) in [6, 6.07) is 16.5. The summed E-state index contributed by atoms with van der Waals surface area (Å²) >= 11 is 0. The minimum absolute atomic E-state index is 0.155. The maximum atomic E-state index is 11.4. The molecule has 0 fully saturated rings. The molecule has 3 aromatic rings. The third kappa shape index (κ3) is 5.95. The standard InChI is InChI=1S/C21H22N6O3S/c1-2-31(28,29)27-13-12-24-21-18(20(23)25-14-26-21)19(22)15-8-10-17(11-9-15)30-16-6-4-3-5-7-16/h2-11,14,22,27H,1,12-13H2,(H3,23,24,25,26)/p+1. The van der Waals surface area contributed by atoms with Crippen molar-refractivity contribution in [2.75, 3.05) is 18.8 Å². The van der Waals surface area contributed by atoms with Crippen molar-refractivity contribution in [3.8, 4) is 11.5 Å². The van der Waals surface area contributed by atoms with Crippen molar-refractivity contribution in [3.05, 3.63) is 84.0 Å². The molecule has 0 saturated carbocycles. The molecule has 0 aliphatic carbocycles. The summed E-state index contributed by atoms with van der Waals surface area (Å²) in [5.41, 5.74) is 7.18. The fourth-order valence-electron chi connectivity index (χ4n) is 2.75. The highest BCUT2D eigenvalue weighted by Crippen LogP contribution is 2.23. The second-order valence-corrected chi connectivity index (χ2v) is 8.14. The molecule has 0 radical (unpaired) electrons. The highest BCUT2D eigenvalue weighted by Gasteiger charge is 2.19. The number of quaternary nitrogens is 1. The normalized spacial score (nSPS) is 11.1. The minimum Gasteiger partial charge on any atom is -0.457 e.